The molecule has 4 aliphatic rings. The monoisotopic (exact) mass is 1280 g/mol. The van der Waals surface area contributed by atoms with E-state index in [1.165, 1.54) is 12.1 Å². The van der Waals surface area contributed by atoms with Gasteiger partial charge < -0.3 is 28.4 Å². The molecular formula is C68H38F6N2O14S2. The van der Waals surface area contributed by atoms with Crippen molar-refractivity contribution >= 4 is 93.0 Å². The summed E-state index contributed by atoms with van der Waals surface area (Å²) in [6, 6.07) is 39.8. The minimum atomic E-state index is -4.89. The van der Waals surface area contributed by atoms with Gasteiger partial charge in [0.1, 0.15) is 36.4 Å². The van der Waals surface area contributed by atoms with E-state index in [0.29, 0.717) is 69.2 Å². The molecule has 13 rings (SSSR count). The van der Waals surface area contributed by atoms with E-state index in [1.54, 1.807) is 121 Å². The van der Waals surface area contributed by atoms with Crippen LogP contribution in [-0.2, 0) is 97.7 Å². The zero-order chi connectivity index (χ0) is 64.4. The first-order chi connectivity index (χ1) is 44.1. The number of carbonyl (C=O) groups excluding carboxylic acids is 8. The summed E-state index contributed by atoms with van der Waals surface area (Å²) in [5, 5.41) is -0.390. The second kappa shape index (κ2) is 23.1. The molecule has 2 aromatic heterocycles. The third-order valence-electron chi connectivity index (χ3n) is 15.3. The third-order valence-corrected chi connectivity index (χ3v) is 17.4. The Morgan fingerprint density at radius 1 is 0.402 bits per heavy atom. The van der Waals surface area contributed by atoms with Gasteiger partial charge in [0, 0.05) is 44.5 Å². The minimum Gasteiger partial charge on any atom is -0.457 e. The maximum Gasteiger partial charge on any atom is 0.416 e. The molecule has 9 aromatic rings. The molecule has 0 spiro atoms. The summed E-state index contributed by atoms with van der Waals surface area (Å²) in [7, 11) is 0. The normalized spacial score (nSPS) is 15.7. The number of alkyl halides is 6. The van der Waals surface area contributed by atoms with Crippen LogP contribution in [0.15, 0.2) is 170 Å². The lowest BCUT2D eigenvalue weighted by Crippen LogP contribution is -2.54. The molecule has 0 unspecified atom stereocenters. The molecule has 2 aliphatic heterocycles. The van der Waals surface area contributed by atoms with Crippen molar-refractivity contribution in [2.24, 2.45) is 0 Å². The van der Waals surface area contributed by atoms with Crippen LogP contribution >= 0.6 is 22.7 Å². The van der Waals surface area contributed by atoms with Gasteiger partial charge >= 0.3 is 47.4 Å². The van der Waals surface area contributed by atoms with E-state index in [4.69, 9.17) is 28.4 Å². The highest BCUT2D eigenvalue weighted by Gasteiger charge is 2.63. The number of hydrogen-bond acceptors (Lipinski definition) is 18. The third kappa shape index (κ3) is 10.6. The molecule has 0 atom stereocenters. The summed E-state index contributed by atoms with van der Waals surface area (Å²) < 4.78 is 121. The van der Waals surface area contributed by atoms with Gasteiger partial charge in [-0.15, -0.1) is 22.7 Å². The van der Waals surface area contributed by atoms with Crippen molar-refractivity contribution in [2.75, 3.05) is 0 Å². The predicted molar refractivity (Wildman–Crippen MR) is 316 cm³/mol. The van der Waals surface area contributed by atoms with Crippen LogP contribution in [0.1, 0.15) is 86.4 Å². The molecule has 0 fully saturated rings. The van der Waals surface area contributed by atoms with Gasteiger partial charge in [-0.1, -0.05) is 133 Å². The van der Waals surface area contributed by atoms with Gasteiger partial charge in [0.2, 0.25) is 34.9 Å². The number of thiazole rings is 2. The average Bonchev–Trinajstić information content (AvgIpc) is 1.10. The average molecular weight is 1290 g/mol. The highest BCUT2D eigenvalue weighted by atomic mass is 32.1. The van der Waals surface area contributed by atoms with Gasteiger partial charge in [0.05, 0.1) is 20.9 Å². The molecule has 24 heteroatoms. The van der Waals surface area contributed by atoms with Crippen LogP contribution in [0.5, 0.6) is 11.8 Å². The number of ketones is 4. The largest absolute Gasteiger partial charge is 0.457 e. The Morgan fingerprint density at radius 3 is 1.00 bits per heavy atom. The van der Waals surface area contributed by atoms with Crippen LogP contribution in [0.2, 0.25) is 0 Å². The molecule has 92 heavy (non-hydrogen) atoms. The molecule has 0 amide bonds. The zero-order valence-electron chi connectivity index (χ0n) is 46.8. The number of ether oxygens (including phenoxy) is 6. The van der Waals surface area contributed by atoms with Crippen molar-refractivity contribution in [1.29, 1.82) is 0 Å². The van der Waals surface area contributed by atoms with Crippen molar-refractivity contribution in [3.8, 4) is 32.6 Å². The molecule has 0 saturated heterocycles. The maximum absolute atomic E-state index is 15.6. The maximum atomic E-state index is 15.6. The number of esters is 4. The van der Waals surface area contributed by atoms with Gasteiger partial charge in [0.15, 0.2) is 0 Å². The first-order valence-electron chi connectivity index (χ1n) is 27.6. The van der Waals surface area contributed by atoms with Crippen LogP contribution in [0.25, 0.3) is 44.2 Å². The summed E-state index contributed by atoms with van der Waals surface area (Å²) in [4.78, 5) is 126. The van der Waals surface area contributed by atoms with Crippen molar-refractivity contribution < 1.29 is 93.1 Å². The van der Waals surface area contributed by atoms with Crippen LogP contribution in [-0.4, -0.2) is 57.0 Å². The lowest BCUT2D eigenvalue weighted by Gasteiger charge is -2.38. The number of fused-ring (bicyclic) bond motifs is 8. The number of hydrogen-bond donors (Lipinski definition) is 0. The zero-order valence-corrected chi connectivity index (χ0v) is 48.5. The van der Waals surface area contributed by atoms with Crippen LogP contribution < -0.4 is 9.47 Å². The molecule has 0 saturated carbocycles. The second-order valence-electron chi connectivity index (χ2n) is 21.1. The predicted octanol–water partition coefficient (Wildman–Crippen LogP) is 12.7. The topological polar surface area (TPSA) is 218 Å². The lowest BCUT2D eigenvalue weighted by molar-refractivity contribution is -0.185. The smallest absolute Gasteiger partial charge is 0.416 e. The summed E-state index contributed by atoms with van der Waals surface area (Å²) in [6.07, 6.45) is -7.58. The molecule has 2 aliphatic carbocycles. The fourth-order valence-electron chi connectivity index (χ4n) is 10.8. The summed E-state index contributed by atoms with van der Waals surface area (Å²) in [5.41, 5.74) is -10.3. The van der Waals surface area contributed by atoms with Gasteiger partial charge in [-0.25, -0.2) is 29.1 Å². The lowest BCUT2D eigenvalue weighted by atomic mass is 9.79. The van der Waals surface area contributed by atoms with E-state index in [2.05, 4.69) is 9.97 Å². The van der Waals surface area contributed by atoms with Crippen molar-refractivity contribution in [3.63, 3.8) is 0 Å². The number of aromatic nitrogens is 2. The number of halogens is 6. The van der Waals surface area contributed by atoms with Crippen molar-refractivity contribution in [2.45, 2.75) is 50.0 Å². The van der Waals surface area contributed by atoms with Gasteiger partial charge in [-0.3, -0.25) is 19.2 Å². The van der Waals surface area contributed by atoms with Gasteiger partial charge in [0.25, 0.3) is 0 Å². The number of Topliss-reactive ketones (excluding diaryl/α,β-unsaturated/α-hetero) is 4. The fourth-order valence-corrected chi connectivity index (χ4v) is 12.8. The molecule has 16 nitrogen and oxygen atoms in total. The van der Waals surface area contributed by atoms with Crippen LogP contribution in [0, 0.1) is 0 Å². The molecule has 7 aromatic carbocycles. The van der Waals surface area contributed by atoms with E-state index >= 15 is 19.2 Å². The standard InChI is InChI=1S/C68H38F6N2O14S2/c69-67(70,71)39-21-23-41-43(25-39)53(77)55(79)45(41)29-51-75-59-57(91-51)47-28-50-48(27-49(47)65(89-59,61(81)85-31-35-13-5-1-6-14-35)62(82)86-32-36-15-7-2-8-16-36)58-60(76-52(92-58)30-46-42-24-22-40(68(72,73)74)26-44(42)54(78)56(46)80)90-66(50,63(83)87-33-37-17-9-3-10-18-37)64(84)88-34-38-19-11-4-12-20-38/h1-30H,31-34H2/b45-29-,46-30-. The fraction of sp³-hybridized carbons (Fsp3) is 0.118. The van der Waals surface area contributed by atoms with Crippen molar-refractivity contribution in [1.82, 2.24) is 9.97 Å². The minimum absolute atomic E-state index is 0.0945. The number of rotatable bonds is 14. The summed E-state index contributed by atoms with van der Waals surface area (Å²) >= 11 is 1.42. The van der Waals surface area contributed by atoms with E-state index < -0.39 is 142 Å². The van der Waals surface area contributed by atoms with Crippen LogP contribution in [0.3, 0.4) is 0 Å². The SMILES string of the molecule is O=C1C(=O)c2cc(C(F)(F)F)ccc2/C1=C/c1nc2c(s1)-c1cc3c(cc1C(C(=O)OCc1ccccc1)(C(=O)OCc1ccccc1)O2)-c1sc(/C=C2\C(=O)C(=O)c4cc(C(F)(F)F)ccc42)nc1OC3(C(=O)OCc1ccccc1)C(=O)OCc1ccccc1. The molecule has 0 radical (unpaired) electrons. The molecule has 458 valence electrons. The second-order valence-corrected chi connectivity index (χ2v) is 23.1. The Balaban J connectivity index is 1.06. The molecule has 4 heterocycles. The Morgan fingerprint density at radius 2 is 0.707 bits per heavy atom. The Labute approximate surface area is 522 Å². The number of allylic oxidation sites excluding steroid dienone is 2. The van der Waals surface area contributed by atoms with E-state index in [1.807, 2.05) is 0 Å². The molecule has 0 bridgehead atoms. The van der Waals surface area contributed by atoms with E-state index in [0.717, 1.165) is 24.3 Å². The Bertz CT molecular complexity index is 4270. The first-order valence-corrected chi connectivity index (χ1v) is 29.2. The Kier molecular flexibility index (Phi) is 15.1. The van der Waals surface area contributed by atoms with Gasteiger partial charge in [-0.2, -0.15) is 26.3 Å². The van der Waals surface area contributed by atoms with Gasteiger partial charge in [-0.05, 0) is 81.9 Å². The Hall–Kier alpha value is -11.0. The van der Waals surface area contributed by atoms with Crippen molar-refractivity contribution in [3.05, 3.63) is 247 Å². The number of benzene rings is 7. The molecular weight excluding hydrogens is 1250 g/mol. The molecule has 0 N–H and O–H groups in total. The summed E-state index contributed by atoms with van der Waals surface area (Å²) in [6.45, 7) is -1.94. The first kappa shape index (κ1) is 60.0. The highest BCUT2D eigenvalue weighted by molar-refractivity contribution is 7.17. The number of carbonyl (C=O) groups is 8. The van der Waals surface area contributed by atoms with Crippen LogP contribution in [0.4, 0.5) is 26.3 Å². The quantitative estimate of drug-likeness (QED) is 0.0247. The van der Waals surface area contributed by atoms with E-state index in [9.17, 15) is 45.5 Å². The number of nitrogens with zero attached hydrogens (tertiary/aromatic N) is 2. The van der Waals surface area contributed by atoms with E-state index in [-0.39, 0.29) is 53.2 Å². The summed E-state index contributed by atoms with van der Waals surface area (Å²) in [5.74, 6) is -11.7. The highest BCUT2D eigenvalue weighted by Crippen LogP contribution is 2.57.